The molecule has 2 saturated heterocycles. The van der Waals surface area contributed by atoms with Gasteiger partial charge in [0, 0.05) is 39.4 Å². The number of amides is 6. The first kappa shape index (κ1) is 39.4. The van der Waals surface area contributed by atoms with E-state index in [0.29, 0.717) is 31.5 Å². The van der Waals surface area contributed by atoms with Crippen LogP contribution in [-0.2, 0) is 39.8 Å². The van der Waals surface area contributed by atoms with Gasteiger partial charge in [-0.1, -0.05) is 26.0 Å². The monoisotopic (exact) mass is 708 g/mol. The highest BCUT2D eigenvalue weighted by molar-refractivity contribution is 7.46. The molecule has 17 heteroatoms. The molecule has 0 bridgehead atoms. The number of carbonyl (C=O) groups excluding carboxylic acids is 6. The molecule has 2 aliphatic rings. The Labute approximate surface area is 286 Å². The zero-order valence-corrected chi connectivity index (χ0v) is 29.2. The highest BCUT2D eigenvalue weighted by Gasteiger charge is 2.40. The third-order valence-corrected chi connectivity index (χ3v) is 8.85. The number of rotatable bonds is 16. The standard InChI is InChI=1S/C32H49N6O10P/c1-20(2)18-26(36-29(41)25(34-21(3)39)19-22-9-11-23(12-10-22)48-49(45,46)47)32(44)38-17-7-8-27(38)30(42)35-24(13-14-28(33)40)31(43)37-15-5-4-6-16-37/h9-12,20,24-27H,4-8,13-19H2,1-3H3,(H2,33,40)(H,34,39)(H,35,42)(H,36,41)(H2,45,46,47)/t24-,25-,26-,27-/m0/s1. The zero-order chi connectivity index (χ0) is 36.3. The topological polar surface area (TPSA) is 238 Å². The van der Waals surface area contributed by atoms with E-state index in [1.807, 2.05) is 13.8 Å². The minimum atomic E-state index is -4.76. The molecular weight excluding hydrogens is 659 g/mol. The van der Waals surface area contributed by atoms with Gasteiger partial charge in [0.1, 0.15) is 29.9 Å². The van der Waals surface area contributed by atoms with Crippen molar-refractivity contribution < 1.29 is 47.6 Å². The van der Waals surface area contributed by atoms with Crippen molar-refractivity contribution in [1.29, 1.82) is 0 Å². The van der Waals surface area contributed by atoms with Gasteiger partial charge in [0.25, 0.3) is 0 Å². The summed E-state index contributed by atoms with van der Waals surface area (Å²) in [5.74, 6) is -3.14. The van der Waals surface area contributed by atoms with Crippen molar-refractivity contribution in [3.63, 3.8) is 0 Å². The van der Waals surface area contributed by atoms with Crippen molar-refractivity contribution in [2.75, 3.05) is 19.6 Å². The maximum Gasteiger partial charge on any atom is 0.524 e. The lowest BCUT2D eigenvalue weighted by Gasteiger charge is -2.33. The molecule has 16 nitrogen and oxygen atoms in total. The molecule has 7 N–H and O–H groups in total. The van der Waals surface area contributed by atoms with Gasteiger partial charge in [0.05, 0.1) is 0 Å². The number of likely N-dealkylation sites (tertiary alicyclic amines) is 2. The van der Waals surface area contributed by atoms with Gasteiger partial charge in [-0.05, 0) is 68.6 Å². The Balaban J connectivity index is 1.75. The normalized spacial score (nSPS) is 18.3. The first-order chi connectivity index (χ1) is 23.0. The second kappa shape index (κ2) is 18.1. The van der Waals surface area contributed by atoms with Crippen LogP contribution in [0.4, 0.5) is 0 Å². The van der Waals surface area contributed by atoms with Gasteiger partial charge in [-0.3, -0.25) is 38.6 Å². The Hall–Kier alpha value is -4.01. The molecule has 0 radical (unpaired) electrons. The maximum absolute atomic E-state index is 14.0. The van der Waals surface area contributed by atoms with Crippen molar-refractivity contribution in [1.82, 2.24) is 25.8 Å². The summed E-state index contributed by atoms with van der Waals surface area (Å²) in [6.07, 6.45) is 3.74. The molecule has 2 fully saturated rings. The Bertz CT molecular complexity index is 1390. The lowest BCUT2D eigenvalue weighted by molar-refractivity contribution is -0.143. The fourth-order valence-corrected chi connectivity index (χ4v) is 6.53. The van der Waals surface area contributed by atoms with Crippen LogP contribution in [0.25, 0.3) is 0 Å². The summed E-state index contributed by atoms with van der Waals surface area (Å²) < 4.78 is 15.7. The lowest BCUT2D eigenvalue weighted by atomic mass is 10.00. The van der Waals surface area contributed by atoms with Gasteiger partial charge < -0.3 is 36.0 Å². The third-order valence-electron chi connectivity index (χ3n) is 8.40. The van der Waals surface area contributed by atoms with Crippen molar-refractivity contribution in [3.05, 3.63) is 29.8 Å². The maximum atomic E-state index is 14.0. The van der Waals surface area contributed by atoms with E-state index in [1.165, 1.54) is 36.1 Å². The van der Waals surface area contributed by atoms with Crippen LogP contribution >= 0.6 is 7.82 Å². The number of nitrogens with two attached hydrogens (primary N) is 1. The first-order valence-corrected chi connectivity index (χ1v) is 18.2. The summed E-state index contributed by atoms with van der Waals surface area (Å²) in [5, 5.41) is 8.14. The van der Waals surface area contributed by atoms with E-state index in [-0.39, 0.29) is 49.8 Å². The average molecular weight is 709 g/mol. The van der Waals surface area contributed by atoms with Crippen LogP contribution in [-0.4, -0.2) is 98.8 Å². The third kappa shape index (κ3) is 12.8. The van der Waals surface area contributed by atoms with Crippen LogP contribution in [0, 0.1) is 5.92 Å². The van der Waals surface area contributed by atoms with Gasteiger partial charge in [-0.25, -0.2) is 4.57 Å². The summed E-state index contributed by atoms with van der Waals surface area (Å²) in [6.45, 7) is 6.37. The molecule has 4 atom stereocenters. The average Bonchev–Trinajstić information content (AvgIpc) is 3.52. The molecule has 0 spiro atoms. The molecular formula is C32H49N6O10P. The van der Waals surface area contributed by atoms with E-state index >= 15 is 0 Å². The van der Waals surface area contributed by atoms with E-state index in [0.717, 1.165) is 19.3 Å². The number of hydrogen-bond acceptors (Lipinski definition) is 8. The number of nitrogens with one attached hydrogen (secondary N) is 3. The summed E-state index contributed by atoms with van der Waals surface area (Å²) in [5.41, 5.74) is 5.89. The molecule has 272 valence electrons. The fraction of sp³-hybridized carbons (Fsp3) is 0.625. The van der Waals surface area contributed by atoms with Gasteiger partial charge in [0.2, 0.25) is 35.4 Å². The molecule has 3 rings (SSSR count). The fourth-order valence-electron chi connectivity index (χ4n) is 6.13. The molecule has 2 aliphatic heterocycles. The summed E-state index contributed by atoms with van der Waals surface area (Å²) in [7, 11) is -4.76. The van der Waals surface area contributed by atoms with Gasteiger partial charge in [-0.15, -0.1) is 0 Å². The highest BCUT2D eigenvalue weighted by Crippen LogP contribution is 2.37. The molecule has 1 aromatic rings. The predicted molar refractivity (Wildman–Crippen MR) is 177 cm³/mol. The SMILES string of the molecule is CC(=O)N[C@@H](Cc1ccc(OP(=O)(O)O)cc1)C(=O)N[C@@H](CC(C)C)C(=O)N1CCC[C@H]1C(=O)N[C@@H](CCC(N)=O)C(=O)N1CCCCC1. The van der Waals surface area contributed by atoms with Crippen LogP contribution in [0.2, 0.25) is 0 Å². The van der Waals surface area contributed by atoms with Gasteiger partial charge in [0.15, 0.2) is 0 Å². The second-order valence-electron chi connectivity index (χ2n) is 13.0. The van der Waals surface area contributed by atoms with Crippen molar-refractivity contribution in [2.24, 2.45) is 11.7 Å². The highest BCUT2D eigenvalue weighted by atomic mass is 31.2. The quantitative estimate of drug-likeness (QED) is 0.130. The molecule has 0 unspecified atom stereocenters. The number of hydrogen-bond donors (Lipinski definition) is 6. The Morgan fingerprint density at radius 3 is 2.12 bits per heavy atom. The van der Waals surface area contributed by atoms with Crippen molar-refractivity contribution in [2.45, 2.75) is 103 Å². The van der Waals surface area contributed by atoms with Crippen LogP contribution in [0.5, 0.6) is 5.75 Å². The van der Waals surface area contributed by atoms with Gasteiger partial charge in [-0.2, -0.15) is 0 Å². The van der Waals surface area contributed by atoms with E-state index in [2.05, 4.69) is 20.5 Å². The number of primary amides is 1. The smallest absolute Gasteiger partial charge is 0.404 e. The van der Waals surface area contributed by atoms with E-state index in [4.69, 9.17) is 15.5 Å². The molecule has 49 heavy (non-hydrogen) atoms. The second-order valence-corrected chi connectivity index (χ2v) is 14.2. The number of carbonyl (C=O) groups is 6. The molecule has 1 aromatic carbocycles. The summed E-state index contributed by atoms with van der Waals surface area (Å²) in [6, 6.07) is 1.61. The molecule has 6 amide bonds. The summed E-state index contributed by atoms with van der Waals surface area (Å²) in [4.78, 5) is 99.3. The van der Waals surface area contributed by atoms with Crippen molar-refractivity contribution >= 4 is 43.3 Å². The van der Waals surface area contributed by atoms with Crippen LogP contribution in [0.1, 0.15) is 77.7 Å². The van der Waals surface area contributed by atoms with E-state index < -0.39 is 61.5 Å². The molecule has 0 aliphatic carbocycles. The number of phosphoric ester groups is 1. The Kier molecular flexibility index (Phi) is 14.6. The van der Waals surface area contributed by atoms with Crippen molar-refractivity contribution in [3.8, 4) is 5.75 Å². The van der Waals surface area contributed by atoms with Crippen LogP contribution < -0.4 is 26.2 Å². The number of benzene rings is 1. The largest absolute Gasteiger partial charge is 0.524 e. The first-order valence-electron chi connectivity index (χ1n) is 16.6. The van der Waals surface area contributed by atoms with E-state index in [9.17, 15) is 33.3 Å². The van der Waals surface area contributed by atoms with E-state index in [1.54, 1.807) is 4.90 Å². The minimum Gasteiger partial charge on any atom is -0.404 e. The van der Waals surface area contributed by atoms with Crippen LogP contribution in [0.15, 0.2) is 24.3 Å². The number of nitrogens with zero attached hydrogens (tertiary/aromatic N) is 2. The lowest BCUT2D eigenvalue weighted by Crippen LogP contribution is -2.58. The molecule has 0 aromatic heterocycles. The number of phosphoric acid groups is 1. The summed E-state index contributed by atoms with van der Waals surface area (Å²) >= 11 is 0. The Morgan fingerprint density at radius 1 is 0.898 bits per heavy atom. The van der Waals surface area contributed by atoms with Gasteiger partial charge >= 0.3 is 7.82 Å². The molecule has 0 saturated carbocycles. The number of piperidine rings is 1. The molecule has 2 heterocycles. The predicted octanol–water partition coefficient (Wildman–Crippen LogP) is 0.490. The zero-order valence-electron chi connectivity index (χ0n) is 28.3. The Morgan fingerprint density at radius 2 is 1.55 bits per heavy atom. The minimum absolute atomic E-state index is 0.00330. The van der Waals surface area contributed by atoms with Crippen LogP contribution in [0.3, 0.4) is 0 Å².